The molecular formula is C14H16FIN2O2. The van der Waals surface area contributed by atoms with Gasteiger partial charge in [0.1, 0.15) is 17.9 Å². The molecular weight excluding hydrogens is 374 g/mol. The van der Waals surface area contributed by atoms with Crippen LogP contribution in [0.2, 0.25) is 0 Å². The average Bonchev–Trinajstić information content (AvgIpc) is 2.36. The normalized spacial score (nSPS) is 23.2. The number of hydrogen-bond acceptors (Lipinski definition) is 2. The van der Waals surface area contributed by atoms with Gasteiger partial charge in [-0.25, -0.2) is 4.39 Å². The fraction of sp³-hybridized carbons (Fsp3) is 0.429. The minimum absolute atomic E-state index is 0.000408. The van der Waals surface area contributed by atoms with Gasteiger partial charge in [0, 0.05) is 3.57 Å². The van der Waals surface area contributed by atoms with Crippen LogP contribution in [-0.2, 0) is 9.59 Å². The van der Waals surface area contributed by atoms with Gasteiger partial charge in [0.05, 0.1) is 5.69 Å². The maximum absolute atomic E-state index is 13.2. The first-order valence-electron chi connectivity index (χ1n) is 6.41. The number of amides is 2. The maximum atomic E-state index is 13.2. The van der Waals surface area contributed by atoms with Crippen molar-refractivity contribution in [3.63, 3.8) is 0 Å². The Labute approximate surface area is 130 Å². The monoisotopic (exact) mass is 390 g/mol. The highest BCUT2D eigenvalue weighted by Gasteiger charge is 2.40. The molecule has 0 aromatic heterocycles. The van der Waals surface area contributed by atoms with Crippen LogP contribution in [0.4, 0.5) is 10.1 Å². The number of hydrogen-bond donors (Lipinski definition) is 1. The molecule has 1 aliphatic heterocycles. The molecule has 4 nitrogen and oxygen atoms in total. The molecule has 0 saturated carbocycles. The number of piperazine rings is 1. The Bertz CT molecular complexity index is 562. The molecule has 20 heavy (non-hydrogen) atoms. The summed E-state index contributed by atoms with van der Waals surface area (Å²) in [5, 5.41) is 2.74. The first-order valence-corrected chi connectivity index (χ1v) is 7.49. The number of halogens is 2. The Morgan fingerprint density at radius 1 is 1.35 bits per heavy atom. The van der Waals surface area contributed by atoms with Gasteiger partial charge < -0.3 is 5.32 Å². The van der Waals surface area contributed by atoms with Gasteiger partial charge in [0.2, 0.25) is 5.91 Å². The van der Waals surface area contributed by atoms with Gasteiger partial charge in [-0.05, 0) is 53.6 Å². The number of carbonyl (C=O) groups excluding carboxylic acids is 2. The number of nitrogens with one attached hydrogen (secondary N) is 1. The zero-order valence-corrected chi connectivity index (χ0v) is 13.6. The maximum Gasteiger partial charge on any atom is 0.250 e. The van der Waals surface area contributed by atoms with Crippen molar-refractivity contribution in [1.82, 2.24) is 5.32 Å². The minimum Gasteiger partial charge on any atom is -0.342 e. The van der Waals surface area contributed by atoms with Gasteiger partial charge in [-0.1, -0.05) is 13.8 Å². The standard InChI is InChI=1S/C14H16FIN2O2/c1-7(2)12-14(20)18(8(3)13(19)17-12)11-5-4-9(15)6-10(11)16/h4-8,12H,1-3H3,(H,17,19). The lowest BCUT2D eigenvalue weighted by molar-refractivity contribution is -0.134. The lowest BCUT2D eigenvalue weighted by atomic mass is 9.98. The summed E-state index contributed by atoms with van der Waals surface area (Å²) in [6.07, 6.45) is 0. The molecule has 1 fully saturated rings. The van der Waals surface area contributed by atoms with Crippen LogP contribution in [-0.4, -0.2) is 23.9 Å². The Balaban J connectivity index is 2.46. The van der Waals surface area contributed by atoms with Crippen molar-refractivity contribution >= 4 is 40.1 Å². The van der Waals surface area contributed by atoms with Gasteiger partial charge in [0.15, 0.2) is 0 Å². The Hall–Kier alpha value is -1.18. The largest absolute Gasteiger partial charge is 0.342 e. The quantitative estimate of drug-likeness (QED) is 0.789. The van der Waals surface area contributed by atoms with Gasteiger partial charge in [-0.3, -0.25) is 14.5 Å². The second kappa shape index (κ2) is 5.67. The zero-order valence-electron chi connectivity index (χ0n) is 11.5. The zero-order chi connectivity index (χ0) is 15.0. The van der Waals surface area contributed by atoms with E-state index in [1.165, 1.54) is 17.0 Å². The minimum atomic E-state index is -0.600. The highest BCUT2D eigenvalue weighted by atomic mass is 127. The first kappa shape index (κ1) is 15.2. The number of carbonyl (C=O) groups is 2. The molecule has 2 rings (SSSR count). The van der Waals surface area contributed by atoms with Crippen LogP contribution >= 0.6 is 22.6 Å². The van der Waals surface area contributed by atoms with E-state index >= 15 is 0 Å². The third-order valence-electron chi connectivity index (χ3n) is 3.40. The van der Waals surface area contributed by atoms with Crippen molar-refractivity contribution in [3.8, 4) is 0 Å². The van der Waals surface area contributed by atoms with Crippen LogP contribution in [0.25, 0.3) is 0 Å². The molecule has 2 unspecified atom stereocenters. The predicted octanol–water partition coefficient (Wildman–Crippen LogP) is 2.31. The fourth-order valence-corrected chi connectivity index (χ4v) is 2.99. The molecule has 0 aliphatic carbocycles. The van der Waals surface area contributed by atoms with E-state index in [0.29, 0.717) is 9.26 Å². The molecule has 2 amide bonds. The summed E-state index contributed by atoms with van der Waals surface area (Å²) >= 11 is 1.97. The molecule has 1 aromatic carbocycles. The van der Waals surface area contributed by atoms with E-state index in [4.69, 9.17) is 0 Å². The molecule has 2 atom stereocenters. The molecule has 0 bridgehead atoms. The van der Waals surface area contributed by atoms with Crippen LogP contribution in [0.15, 0.2) is 18.2 Å². The van der Waals surface area contributed by atoms with Crippen LogP contribution in [0.1, 0.15) is 20.8 Å². The third-order valence-corrected chi connectivity index (χ3v) is 4.27. The van der Waals surface area contributed by atoms with Gasteiger partial charge in [-0.15, -0.1) is 0 Å². The number of rotatable bonds is 2. The van der Waals surface area contributed by atoms with E-state index in [1.54, 1.807) is 13.0 Å². The Morgan fingerprint density at radius 3 is 2.55 bits per heavy atom. The smallest absolute Gasteiger partial charge is 0.250 e. The summed E-state index contributed by atoms with van der Waals surface area (Å²) < 4.78 is 13.8. The van der Waals surface area contributed by atoms with Gasteiger partial charge in [0.25, 0.3) is 5.91 Å². The van der Waals surface area contributed by atoms with E-state index in [-0.39, 0.29) is 23.5 Å². The molecule has 1 aliphatic rings. The summed E-state index contributed by atoms with van der Waals surface area (Å²) in [6.45, 7) is 5.43. The SMILES string of the molecule is CC(C)C1NC(=O)C(C)N(c2ccc(F)cc2I)C1=O. The second-order valence-corrected chi connectivity index (χ2v) is 6.37. The van der Waals surface area contributed by atoms with Crippen LogP contribution in [0.3, 0.4) is 0 Å². The molecule has 108 valence electrons. The van der Waals surface area contributed by atoms with Crippen molar-refractivity contribution in [2.24, 2.45) is 5.92 Å². The van der Waals surface area contributed by atoms with E-state index < -0.39 is 12.1 Å². The van der Waals surface area contributed by atoms with Crippen molar-refractivity contribution in [2.45, 2.75) is 32.9 Å². The molecule has 1 N–H and O–H groups in total. The summed E-state index contributed by atoms with van der Waals surface area (Å²) in [5.41, 5.74) is 0.574. The third kappa shape index (κ3) is 2.65. The van der Waals surface area contributed by atoms with Crippen molar-refractivity contribution in [2.75, 3.05) is 4.90 Å². The number of benzene rings is 1. The lowest BCUT2D eigenvalue weighted by Crippen LogP contribution is -2.64. The summed E-state index contributed by atoms with van der Waals surface area (Å²) in [4.78, 5) is 26.1. The number of anilines is 1. The van der Waals surface area contributed by atoms with Crippen molar-refractivity contribution < 1.29 is 14.0 Å². The summed E-state index contributed by atoms with van der Waals surface area (Å²) in [5.74, 6) is -0.709. The highest BCUT2D eigenvalue weighted by molar-refractivity contribution is 14.1. The van der Waals surface area contributed by atoms with E-state index in [9.17, 15) is 14.0 Å². The molecule has 1 heterocycles. The fourth-order valence-electron chi connectivity index (χ4n) is 2.25. The Morgan fingerprint density at radius 2 is 2.00 bits per heavy atom. The first-order chi connectivity index (χ1) is 9.32. The molecule has 6 heteroatoms. The predicted molar refractivity (Wildman–Crippen MR) is 82.8 cm³/mol. The van der Waals surface area contributed by atoms with Crippen molar-refractivity contribution in [1.29, 1.82) is 0 Å². The van der Waals surface area contributed by atoms with E-state index in [1.807, 2.05) is 36.4 Å². The van der Waals surface area contributed by atoms with Crippen LogP contribution < -0.4 is 10.2 Å². The Kier molecular flexibility index (Phi) is 4.31. The van der Waals surface area contributed by atoms with Gasteiger partial charge >= 0.3 is 0 Å². The molecule has 0 radical (unpaired) electrons. The molecule has 1 saturated heterocycles. The number of nitrogens with zero attached hydrogens (tertiary/aromatic N) is 1. The lowest BCUT2D eigenvalue weighted by Gasteiger charge is -2.39. The van der Waals surface area contributed by atoms with E-state index in [2.05, 4.69) is 5.32 Å². The van der Waals surface area contributed by atoms with Gasteiger partial charge in [-0.2, -0.15) is 0 Å². The van der Waals surface area contributed by atoms with Crippen LogP contribution in [0, 0.1) is 15.3 Å². The second-order valence-electron chi connectivity index (χ2n) is 5.21. The topological polar surface area (TPSA) is 49.4 Å². The summed E-state index contributed by atoms with van der Waals surface area (Å²) in [6, 6.07) is 3.05. The molecule has 0 spiro atoms. The van der Waals surface area contributed by atoms with Crippen molar-refractivity contribution in [3.05, 3.63) is 27.6 Å². The average molecular weight is 390 g/mol. The molecule has 1 aromatic rings. The van der Waals surface area contributed by atoms with E-state index in [0.717, 1.165) is 0 Å². The van der Waals surface area contributed by atoms with Crippen LogP contribution in [0.5, 0.6) is 0 Å². The summed E-state index contributed by atoms with van der Waals surface area (Å²) in [7, 11) is 0. The highest BCUT2D eigenvalue weighted by Crippen LogP contribution is 2.28.